The van der Waals surface area contributed by atoms with Crippen LogP contribution in [0.25, 0.3) is 6.08 Å². The second-order valence-corrected chi connectivity index (χ2v) is 10.2. The van der Waals surface area contributed by atoms with Gasteiger partial charge in [-0.3, -0.25) is 9.59 Å². The number of esters is 1. The Labute approximate surface area is 220 Å². The van der Waals surface area contributed by atoms with Crippen LogP contribution in [0.1, 0.15) is 58.4 Å². The molecule has 0 unspecified atom stereocenters. The number of nitrogens with zero attached hydrogens (tertiary/aromatic N) is 1. The first-order chi connectivity index (χ1) is 17.6. The molecule has 5 atom stereocenters. The fourth-order valence-electron chi connectivity index (χ4n) is 4.14. The second-order valence-electron chi connectivity index (χ2n) is 10.2. The molecule has 1 aromatic heterocycles. The summed E-state index contributed by atoms with van der Waals surface area (Å²) in [4.78, 5) is 26.1. The number of carbonyl (C=O) groups excluding carboxylic acids is 2. The molecular weight excluding hydrogens is 503 g/mol. The molecule has 0 bridgehead atoms. The Kier molecular flexibility index (Phi) is 10.4. The third-order valence-electron chi connectivity index (χ3n) is 6.81. The monoisotopic (exact) mass is 539 g/mol. The van der Waals surface area contributed by atoms with Gasteiger partial charge in [-0.05, 0) is 31.9 Å². The van der Waals surface area contributed by atoms with Crippen LogP contribution in [0.4, 0.5) is 13.2 Å². The summed E-state index contributed by atoms with van der Waals surface area (Å²) in [6.07, 6.45) is -3.43. The predicted octanol–water partition coefficient (Wildman–Crippen LogP) is 5.28. The van der Waals surface area contributed by atoms with Gasteiger partial charge in [0.05, 0.1) is 30.0 Å². The molecule has 0 aliphatic carbocycles. The van der Waals surface area contributed by atoms with Crippen molar-refractivity contribution in [1.82, 2.24) is 5.16 Å². The largest absolute Gasteiger partial charge is 0.457 e. The van der Waals surface area contributed by atoms with E-state index >= 15 is 0 Å². The summed E-state index contributed by atoms with van der Waals surface area (Å²) < 4.78 is 51.9. The molecule has 2 N–H and O–H groups in total. The average Bonchev–Trinajstić information content (AvgIpc) is 3.23. The van der Waals surface area contributed by atoms with Gasteiger partial charge in [0.1, 0.15) is 23.3 Å². The number of aliphatic hydroxyl groups excluding tert-OH is 2. The maximum absolute atomic E-state index is 13.8. The highest BCUT2D eigenvalue weighted by atomic mass is 19.4. The number of aryl methyl sites for hydroxylation is 1. The number of alkyl halides is 3. The topological polar surface area (TPSA) is 110 Å². The molecule has 0 saturated heterocycles. The van der Waals surface area contributed by atoms with Gasteiger partial charge >= 0.3 is 12.1 Å². The number of ether oxygens (including phenoxy) is 1. The maximum atomic E-state index is 13.8. The first-order valence-electron chi connectivity index (χ1n) is 12.3. The van der Waals surface area contributed by atoms with Crippen LogP contribution < -0.4 is 0 Å². The van der Waals surface area contributed by atoms with E-state index in [2.05, 4.69) is 11.7 Å². The van der Waals surface area contributed by atoms with E-state index < -0.39 is 71.9 Å². The van der Waals surface area contributed by atoms with Crippen molar-refractivity contribution < 1.29 is 42.2 Å². The molecule has 0 saturated carbocycles. The minimum Gasteiger partial charge on any atom is -0.457 e. The van der Waals surface area contributed by atoms with Gasteiger partial charge in [0, 0.05) is 24.0 Å². The van der Waals surface area contributed by atoms with E-state index in [0.29, 0.717) is 17.0 Å². The van der Waals surface area contributed by atoms with Gasteiger partial charge in [-0.2, -0.15) is 13.2 Å². The van der Waals surface area contributed by atoms with Crippen molar-refractivity contribution in [2.45, 2.75) is 78.4 Å². The van der Waals surface area contributed by atoms with E-state index in [-0.39, 0.29) is 6.42 Å². The molecule has 1 aliphatic rings. The Morgan fingerprint density at radius 1 is 1.26 bits per heavy atom. The highest BCUT2D eigenvalue weighted by Gasteiger charge is 2.43. The van der Waals surface area contributed by atoms with Crippen LogP contribution in [0.5, 0.6) is 0 Å². The molecule has 0 spiro atoms. The summed E-state index contributed by atoms with van der Waals surface area (Å²) in [5.41, 5.74) is -1.50. The number of rotatable bonds is 3. The third-order valence-corrected chi connectivity index (χ3v) is 6.81. The molecular formula is C28H36F3NO6. The number of aromatic nitrogens is 1. The Morgan fingerprint density at radius 2 is 1.92 bits per heavy atom. The summed E-state index contributed by atoms with van der Waals surface area (Å²) in [7, 11) is 0. The molecule has 210 valence electrons. The molecule has 10 heteroatoms. The zero-order valence-electron chi connectivity index (χ0n) is 22.3. The number of aliphatic hydroxyl groups is 2. The minimum absolute atomic E-state index is 0.289. The van der Waals surface area contributed by atoms with Crippen LogP contribution in [-0.2, 0) is 14.3 Å². The highest BCUT2D eigenvalue weighted by Crippen LogP contribution is 2.34. The van der Waals surface area contributed by atoms with Gasteiger partial charge in [-0.1, -0.05) is 50.2 Å². The van der Waals surface area contributed by atoms with Crippen molar-refractivity contribution in [3.05, 3.63) is 59.5 Å². The number of hydrogen-bond donors (Lipinski definition) is 2. The summed E-state index contributed by atoms with van der Waals surface area (Å²) in [6.45, 7) is 11.4. The number of carbonyl (C=O) groups is 2. The SMILES string of the molecule is C=C[C@@H]1C(=O)C(C)(C)[C@@H](O)CC(=O)O[C@H](/C(C)=C/c2cc(C)on2)C/C=C(/C(F)(F)F)C/C=C/[C@H](C)[C@@H]1O. The predicted molar refractivity (Wildman–Crippen MR) is 136 cm³/mol. The molecule has 7 nitrogen and oxygen atoms in total. The molecule has 1 aromatic rings. The average molecular weight is 540 g/mol. The van der Waals surface area contributed by atoms with Crippen LogP contribution >= 0.6 is 0 Å². The van der Waals surface area contributed by atoms with Gasteiger partial charge < -0.3 is 19.5 Å². The minimum atomic E-state index is -4.65. The van der Waals surface area contributed by atoms with Crippen LogP contribution in [0, 0.1) is 24.2 Å². The summed E-state index contributed by atoms with van der Waals surface area (Å²) >= 11 is 0. The van der Waals surface area contributed by atoms with Gasteiger partial charge in [0.25, 0.3) is 0 Å². The highest BCUT2D eigenvalue weighted by molar-refractivity contribution is 5.89. The molecule has 2 rings (SSSR count). The first kappa shape index (κ1) is 31.2. The fourth-order valence-corrected chi connectivity index (χ4v) is 4.14. The molecule has 0 aromatic carbocycles. The van der Waals surface area contributed by atoms with Gasteiger partial charge in [-0.25, -0.2) is 0 Å². The van der Waals surface area contributed by atoms with Crippen molar-refractivity contribution in [3.63, 3.8) is 0 Å². The quantitative estimate of drug-likeness (QED) is 0.397. The lowest BCUT2D eigenvalue weighted by Gasteiger charge is -2.34. The zero-order chi connectivity index (χ0) is 28.8. The first-order valence-corrected chi connectivity index (χ1v) is 12.3. The van der Waals surface area contributed by atoms with E-state index in [1.807, 2.05) is 0 Å². The van der Waals surface area contributed by atoms with Crippen LogP contribution in [0.2, 0.25) is 0 Å². The molecule has 1 aliphatic heterocycles. The van der Waals surface area contributed by atoms with E-state index in [0.717, 1.165) is 6.08 Å². The number of hydrogen-bond acceptors (Lipinski definition) is 7. The smallest absolute Gasteiger partial charge is 0.412 e. The second kappa shape index (κ2) is 12.7. The number of Topliss-reactive ketones (excluding diaryl/α,β-unsaturated/α-hetero) is 1. The Hall–Kier alpha value is -2.98. The summed E-state index contributed by atoms with van der Waals surface area (Å²) in [6, 6.07) is 1.62. The molecule has 0 fully saturated rings. The summed E-state index contributed by atoms with van der Waals surface area (Å²) in [5.74, 6) is -2.74. The van der Waals surface area contributed by atoms with Crippen molar-refractivity contribution in [2.24, 2.45) is 17.3 Å². The van der Waals surface area contributed by atoms with Crippen molar-refractivity contribution in [3.8, 4) is 0 Å². The van der Waals surface area contributed by atoms with E-state index in [4.69, 9.17) is 9.26 Å². The van der Waals surface area contributed by atoms with Gasteiger partial charge in [0.2, 0.25) is 0 Å². The lowest BCUT2D eigenvalue weighted by molar-refractivity contribution is -0.153. The van der Waals surface area contributed by atoms with E-state index in [1.54, 1.807) is 26.8 Å². The van der Waals surface area contributed by atoms with Crippen molar-refractivity contribution >= 4 is 17.8 Å². The third kappa shape index (κ3) is 8.01. The number of allylic oxidation sites excluding steroid dienone is 2. The standard InChI is InChI=1S/C28H36F3NO6/c1-7-21-25(35)16(2)9-8-10-19(28(29,30)31)11-12-22(17(3)13-20-14-18(4)38-32-20)37-24(34)15-23(33)27(5,6)26(21)36/h7-9,11,13-14,16,21-23,25,33,35H,1,10,12,15H2,2-6H3/b9-8+,17-13+,19-11+/t16-,21-,22-,23-,25-/m0/s1. The zero-order valence-corrected chi connectivity index (χ0v) is 22.3. The lowest BCUT2D eigenvalue weighted by Crippen LogP contribution is -2.46. The van der Waals surface area contributed by atoms with E-state index in [9.17, 15) is 33.0 Å². The van der Waals surface area contributed by atoms with Crippen LogP contribution in [-0.4, -0.2) is 51.6 Å². The maximum Gasteiger partial charge on any atom is 0.412 e. The Bertz CT molecular complexity index is 1100. The Balaban J connectivity index is 2.53. The van der Waals surface area contributed by atoms with Crippen molar-refractivity contribution in [2.75, 3.05) is 0 Å². The number of cyclic esters (lactones) is 1. The number of halogens is 3. The Morgan fingerprint density at radius 3 is 2.47 bits per heavy atom. The summed E-state index contributed by atoms with van der Waals surface area (Å²) in [5, 5.41) is 25.4. The van der Waals surface area contributed by atoms with Crippen LogP contribution in [0.15, 0.2) is 52.6 Å². The van der Waals surface area contributed by atoms with E-state index in [1.165, 1.54) is 38.2 Å². The fraction of sp³-hybridized carbons (Fsp3) is 0.536. The molecule has 0 amide bonds. The lowest BCUT2D eigenvalue weighted by atomic mass is 9.72. The molecule has 38 heavy (non-hydrogen) atoms. The van der Waals surface area contributed by atoms with Crippen LogP contribution in [0.3, 0.4) is 0 Å². The molecule has 2 heterocycles. The van der Waals surface area contributed by atoms with Crippen molar-refractivity contribution in [1.29, 1.82) is 0 Å². The normalized spacial score (nSPS) is 30.7. The number of ketones is 1. The van der Waals surface area contributed by atoms with Gasteiger partial charge in [0.15, 0.2) is 0 Å². The molecule has 0 radical (unpaired) electrons. The van der Waals surface area contributed by atoms with Gasteiger partial charge in [-0.15, -0.1) is 6.58 Å².